The molecule has 9 aromatic rings. The molecule has 0 spiro atoms. The van der Waals surface area contributed by atoms with Crippen LogP contribution in [0.25, 0.3) is 33.1 Å². The lowest BCUT2D eigenvalue weighted by atomic mass is 9.96. The van der Waals surface area contributed by atoms with Crippen molar-refractivity contribution in [2.24, 2.45) is 0 Å². The standard InChI is InChI=1S/C61H54N4O12S2/c1-40-24-28-45(29-25-40)78(68,69)75-38-52-55(73-36-43-17-8-4-9-18-43)56(74-37-44-19-10-5-11-20-44)57(77-79(70,71)46-30-26-41(2)27-31-46)61(76-52)64-34-50(47-21-12-13-23-51(47)64)54-53(49-33-63-58-48(49)22-14-32-62-58)59(66)65(60(54)67)39-72-35-42-15-6-3-7-16-42/h3-34,52,55-57,61H,35-39H2,1-2H3,(H,62,63)/t52-,55-,56+,57-,61+/m1/s1. The highest BCUT2D eigenvalue weighted by Gasteiger charge is 2.52. The van der Waals surface area contributed by atoms with E-state index in [0.29, 0.717) is 27.5 Å². The lowest BCUT2D eigenvalue weighted by Gasteiger charge is -2.46. The van der Waals surface area contributed by atoms with E-state index in [1.807, 2.05) is 105 Å². The van der Waals surface area contributed by atoms with Gasteiger partial charge in [0.05, 0.1) is 52.9 Å². The molecule has 6 aromatic carbocycles. The van der Waals surface area contributed by atoms with E-state index in [-0.39, 0.29) is 53.1 Å². The van der Waals surface area contributed by atoms with Crippen LogP contribution in [0.2, 0.25) is 0 Å². The Morgan fingerprint density at radius 1 is 0.570 bits per heavy atom. The number of pyridine rings is 1. The maximum absolute atomic E-state index is 15.2. The van der Waals surface area contributed by atoms with Crippen LogP contribution in [0.5, 0.6) is 0 Å². The third-order valence-corrected chi connectivity index (χ3v) is 16.5. The average Bonchev–Trinajstić information content (AvgIpc) is 4.19. The molecule has 1 fully saturated rings. The fraction of sp³-hybridized carbons (Fsp3) is 0.197. The minimum absolute atomic E-state index is 0.0265. The number of carbonyl (C=O) groups excluding carboxylic acids is 2. The van der Waals surface area contributed by atoms with Crippen molar-refractivity contribution in [3.63, 3.8) is 0 Å². The number of aryl methyl sites for hydroxylation is 2. The Bertz CT molecular complexity index is 3910. The summed E-state index contributed by atoms with van der Waals surface area (Å²) in [5.74, 6) is -1.27. The fourth-order valence-corrected chi connectivity index (χ4v) is 11.9. The zero-order chi connectivity index (χ0) is 54.7. The van der Waals surface area contributed by atoms with Crippen LogP contribution < -0.4 is 0 Å². The highest BCUT2D eigenvalue weighted by atomic mass is 32.2. The molecule has 1 N–H and O–H groups in total. The number of benzene rings is 6. The normalized spacial score (nSPS) is 19.0. The van der Waals surface area contributed by atoms with Crippen LogP contribution in [0.4, 0.5) is 0 Å². The summed E-state index contributed by atoms with van der Waals surface area (Å²) in [5.41, 5.74) is 5.66. The van der Waals surface area contributed by atoms with Crippen LogP contribution >= 0.6 is 0 Å². The number of ether oxygens (including phenoxy) is 4. The first kappa shape index (κ1) is 53.1. The Labute approximate surface area is 457 Å². The summed E-state index contributed by atoms with van der Waals surface area (Å²) in [4.78, 5) is 38.6. The number of carbonyl (C=O) groups is 2. The van der Waals surface area contributed by atoms with Crippen molar-refractivity contribution in [1.29, 1.82) is 0 Å². The monoisotopic (exact) mass is 1100 g/mol. The van der Waals surface area contributed by atoms with Gasteiger partial charge in [-0.2, -0.15) is 16.8 Å². The molecular formula is C61H54N4O12S2. The average molecular weight is 1100 g/mol. The molecule has 3 aromatic heterocycles. The Morgan fingerprint density at radius 3 is 1.72 bits per heavy atom. The topological polar surface area (TPSA) is 195 Å². The van der Waals surface area contributed by atoms with Crippen molar-refractivity contribution in [1.82, 2.24) is 19.4 Å². The van der Waals surface area contributed by atoms with E-state index in [2.05, 4.69) is 9.97 Å². The molecule has 0 radical (unpaired) electrons. The maximum atomic E-state index is 15.2. The number of aromatic amines is 1. The van der Waals surface area contributed by atoms with Gasteiger partial charge in [0.25, 0.3) is 32.1 Å². The first-order chi connectivity index (χ1) is 38.3. The molecule has 16 nitrogen and oxygen atoms in total. The SMILES string of the molecule is Cc1ccc(S(=O)(=O)OC[C@H]2O[C@H](n3cc(C4=C(c5c[nH]c6ncccc56)C(=O)N(COCc5ccccc5)C4=O)c4ccccc43)[C@H](OS(=O)(=O)c3ccc(C)cc3)[C@@H](OCc3ccccc3)[C@@H]2OCc2ccccc2)cc1. The Morgan fingerprint density at radius 2 is 1.10 bits per heavy atom. The predicted molar refractivity (Wildman–Crippen MR) is 294 cm³/mol. The van der Waals surface area contributed by atoms with E-state index in [1.165, 1.54) is 24.3 Å². The predicted octanol–water partition coefficient (Wildman–Crippen LogP) is 9.84. The molecular weight excluding hydrogens is 1040 g/mol. The summed E-state index contributed by atoms with van der Waals surface area (Å²) in [5, 5.41) is 1.06. The number of fused-ring (bicyclic) bond motifs is 2. The summed E-state index contributed by atoms with van der Waals surface area (Å²) in [6.45, 7) is 2.66. The second-order valence-electron chi connectivity index (χ2n) is 19.3. The van der Waals surface area contributed by atoms with Gasteiger partial charge in [0.15, 0.2) is 12.3 Å². The second-order valence-corrected chi connectivity index (χ2v) is 22.5. The highest BCUT2D eigenvalue weighted by Crippen LogP contribution is 2.45. The lowest BCUT2D eigenvalue weighted by molar-refractivity contribution is -0.267. The number of imide groups is 1. The van der Waals surface area contributed by atoms with Crippen molar-refractivity contribution in [3.05, 3.63) is 233 Å². The summed E-state index contributed by atoms with van der Waals surface area (Å²) in [6, 6.07) is 50.8. The second kappa shape index (κ2) is 22.8. The number of para-hydroxylation sites is 1. The number of nitrogens with zero attached hydrogens (tertiary/aromatic N) is 3. The zero-order valence-corrected chi connectivity index (χ0v) is 44.6. The summed E-state index contributed by atoms with van der Waals surface area (Å²) >= 11 is 0. The smallest absolute Gasteiger partial charge is 0.297 e. The van der Waals surface area contributed by atoms with Gasteiger partial charge in [0, 0.05) is 40.5 Å². The van der Waals surface area contributed by atoms with Crippen LogP contribution in [0.3, 0.4) is 0 Å². The Kier molecular flexibility index (Phi) is 15.3. The van der Waals surface area contributed by atoms with Crippen molar-refractivity contribution in [2.45, 2.75) is 74.1 Å². The summed E-state index contributed by atoms with van der Waals surface area (Å²) < 4.78 is 98.6. The van der Waals surface area contributed by atoms with Gasteiger partial charge in [-0.05, 0) is 73.0 Å². The maximum Gasteiger partial charge on any atom is 0.297 e. The number of rotatable bonds is 20. The van der Waals surface area contributed by atoms with Crippen LogP contribution in [0.15, 0.2) is 204 Å². The highest BCUT2D eigenvalue weighted by molar-refractivity contribution is 7.87. The minimum Gasteiger partial charge on any atom is -0.368 e. The first-order valence-corrected chi connectivity index (χ1v) is 28.3. The molecule has 0 aliphatic carbocycles. The Balaban J connectivity index is 1.08. The number of hydrogen-bond donors (Lipinski definition) is 1. The quantitative estimate of drug-likeness (QED) is 0.0560. The first-order valence-electron chi connectivity index (χ1n) is 25.5. The van der Waals surface area contributed by atoms with E-state index in [0.717, 1.165) is 32.7 Å². The fourth-order valence-electron chi connectivity index (χ4n) is 9.92. The molecule has 79 heavy (non-hydrogen) atoms. The van der Waals surface area contributed by atoms with E-state index < -0.39 is 69.3 Å². The number of nitrogens with one attached hydrogen (secondary N) is 1. The summed E-state index contributed by atoms with van der Waals surface area (Å²) in [6.07, 6.45) is -2.20. The largest absolute Gasteiger partial charge is 0.368 e. The van der Waals surface area contributed by atoms with Gasteiger partial charge in [0.2, 0.25) is 0 Å². The summed E-state index contributed by atoms with van der Waals surface area (Å²) in [7, 11) is -9.12. The molecule has 2 aliphatic heterocycles. The van der Waals surface area contributed by atoms with Gasteiger partial charge in [0.1, 0.15) is 30.7 Å². The molecule has 11 rings (SSSR count). The Hall–Kier alpha value is -7.91. The van der Waals surface area contributed by atoms with Gasteiger partial charge in [-0.25, -0.2) is 9.88 Å². The molecule has 5 heterocycles. The number of H-pyrrole nitrogens is 1. The molecule has 402 valence electrons. The van der Waals surface area contributed by atoms with Gasteiger partial charge in [-0.1, -0.05) is 145 Å². The van der Waals surface area contributed by atoms with E-state index in [4.69, 9.17) is 27.3 Å². The van der Waals surface area contributed by atoms with E-state index in [1.54, 1.807) is 83.8 Å². The van der Waals surface area contributed by atoms with Crippen LogP contribution in [-0.4, -0.2) is 85.8 Å². The molecule has 5 atom stereocenters. The third kappa shape index (κ3) is 11.2. The van der Waals surface area contributed by atoms with Gasteiger partial charge >= 0.3 is 0 Å². The lowest BCUT2D eigenvalue weighted by Crippen LogP contribution is -2.59. The van der Waals surface area contributed by atoms with Crippen molar-refractivity contribution in [2.75, 3.05) is 13.3 Å². The number of hydrogen-bond acceptors (Lipinski definition) is 13. The molecule has 2 amide bonds. The zero-order valence-electron chi connectivity index (χ0n) is 43.0. The van der Waals surface area contributed by atoms with E-state index >= 15 is 4.79 Å². The van der Waals surface area contributed by atoms with E-state index in [9.17, 15) is 21.6 Å². The molecule has 2 aliphatic rings. The molecule has 0 bridgehead atoms. The van der Waals surface area contributed by atoms with Gasteiger partial charge in [-0.3, -0.25) is 18.0 Å². The minimum atomic E-state index is -4.68. The van der Waals surface area contributed by atoms with Gasteiger partial charge in [-0.15, -0.1) is 0 Å². The molecule has 0 saturated carbocycles. The molecule has 0 unspecified atom stereocenters. The van der Waals surface area contributed by atoms with Crippen LogP contribution in [0, 0.1) is 13.8 Å². The van der Waals surface area contributed by atoms with Crippen LogP contribution in [0.1, 0.15) is 45.2 Å². The number of amides is 2. The molecule has 1 saturated heterocycles. The third-order valence-electron chi connectivity index (χ3n) is 13.9. The van der Waals surface area contributed by atoms with Crippen molar-refractivity contribution < 1.29 is 53.7 Å². The molecule has 18 heteroatoms. The number of aromatic nitrogens is 3. The van der Waals surface area contributed by atoms with Gasteiger partial charge < -0.3 is 28.5 Å². The van der Waals surface area contributed by atoms with Crippen molar-refractivity contribution >= 4 is 65.1 Å². The van der Waals surface area contributed by atoms with Crippen molar-refractivity contribution in [3.8, 4) is 0 Å². The van der Waals surface area contributed by atoms with Crippen LogP contribution in [-0.2, 0) is 77.0 Å².